The summed E-state index contributed by atoms with van der Waals surface area (Å²) in [7, 11) is 1.61. The number of nitrogens with one attached hydrogen (secondary N) is 2. The Bertz CT molecular complexity index is 1600. The maximum Gasteiger partial charge on any atom is 0.224 e. The molecule has 1 fully saturated rings. The van der Waals surface area contributed by atoms with Gasteiger partial charge in [0.15, 0.2) is 5.11 Å². The molecule has 7 nitrogen and oxygen atoms in total. The molecule has 5 rings (SSSR count). The third kappa shape index (κ3) is 5.20. The first-order valence-corrected chi connectivity index (χ1v) is 14.5. The van der Waals surface area contributed by atoms with Crippen LogP contribution in [0.2, 0.25) is 0 Å². The molecule has 4 aromatic rings. The van der Waals surface area contributed by atoms with Crippen LogP contribution in [-0.2, 0) is 11.2 Å². The molecule has 2 aromatic carbocycles. The van der Waals surface area contributed by atoms with Crippen LogP contribution in [0.15, 0.2) is 66.9 Å². The fourth-order valence-electron chi connectivity index (χ4n) is 5.88. The first-order valence-electron chi connectivity index (χ1n) is 14.0. The number of aryl methyl sites for hydroxylation is 3. The van der Waals surface area contributed by atoms with E-state index in [0.717, 1.165) is 34.8 Å². The smallest absolute Gasteiger partial charge is 0.224 e. The van der Waals surface area contributed by atoms with Gasteiger partial charge in [0.05, 0.1) is 36.3 Å². The third-order valence-corrected chi connectivity index (χ3v) is 8.19. The minimum absolute atomic E-state index is 0.0717. The second-order valence-corrected chi connectivity index (χ2v) is 10.8. The Kier molecular flexibility index (Phi) is 8.13. The maximum atomic E-state index is 12.1. The number of aromatic nitrogens is 2. The molecule has 1 aliphatic rings. The average molecular weight is 568 g/mol. The zero-order chi connectivity index (χ0) is 29.3. The molecule has 1 saturated heterocycles. The second-order valence-electron chi connectivity index (χ2n) is 10.4. The largest absolute Gasteiger partial charge is 0.494 e. The van der Waals surface area contributed by atoms with Crippen molar-refractivity contribution in [3.8, 4) is 11.4 Å². The van der Waals surface area contributed by atoms with Crippen molar-refractivity contribution in [2.75, 3.05) is 17.3 Å². The van der Waals surface area contributed by atoms with Gasteiger partial charge in [0.25, 0.3) is 0 Å². The molecule has 0 radical (unpaired) electrons. The van der Waals surface area contributed by atoms with Gasteiger partial charge in [-0.15, -0.1) is 0 Å². The molecule has 0 unspecified atom stereocenters. The van der Waals surface area contributed by atoms with E-state index in [1.165, 1.54) is 16.8 Å². The first-order chi connectivity index (χ1) is 19.8. The minimum atomic E-state index is -0.175. The summed E-state index contributed by atoms with van der Waals surface area (Å²) >= 11 is 5.98. The number of amides is 1. The fraction of sp³-hybridized carbons (Fsp3) is 0.303. The Hall–Kier alpha value is -4.17. The zero-order valence-corrected chi connectivity index (χ0v) is 25.3. The van der Waals surface area contributed by atoms with E-state index in [1.807, 2.05) is 49.5 Å². The monoisotopic (exact) mass is 567 g/mol. The molecule has 2 aromatic heterocycles. The number of hydrogen-bond acceptors (Lipinski definition) is 4. The number of methoxy groups -OCH3 is 1. The molecule has 2 atom stereocenters. The van der Waals surface area contributed by atoms with Gasteiger partial charge in [-0.25, -0.2) is 0 Å². The van der Waals surface area contributed by atoms with Crippen molar-refractivity contribution in [2.24, 2.45) is 0 Å². The molecular weight excluding hydrogens is 530 g/mol. The summed E-state index contributed by atoms with van der Waals surface area (Å²) in [5, 5.41) is 7.10. The quantitative estimate of drug-likeness (QED) is 0.226. The van der Waals surface area contributed by atoms with Gasteiger partial charge in [0.1, 0.15) is 5.75 Å². The van der Waals surface area contributed by atoms with Gasteiger partial charge < -0.3 is 24.8 Å². The molecule has 0 aliphatic carbocycles. The van der Waals surface area contributed by atoms with Crippen molar-refractivity contribution in [1.29, 1.82) is 0 Å². The standard InChI is InChI=1S/C33H37N5O2S/c1-7-23-13-11-12-20(3)31(23)37-21(4)18-25(22(37)5)32-30(27-14-9-10-17-34-27)36-33(41)38(32)24-15-16-26(28(19-24)40-6)35-29(39)8-2/h9-19,30,32H,7-8H2,1-6H3,(H,35,39)(H,36,41)/t30-,32-/m1/s1. The molecule has 0 spiro atoms. The lowest BCUT2D eigenvalue weighted by molar-refractivity contribution is -0.115. The molecule has 2 N–H and O–H groups in total. The van der Waals surface area contributed by atoms with E-state index in [2.05, 4.69) is 72.1 Å². The average Bonchev–Trinajstić information content (AvgIpc) is 3.48. The van der Waals surface area contributed by atoms with E-state index in [-0.39, 0.29) is 18.0 Å². The predicted molar refractivity (Wildman–Crippen MR) is 169 cm³/mol. The maximum absolute atomic E-state index is 12.1. The topological polar surface area (TPSA) is 71.4 Å². The Balaban J connectivity index is 1.68. The molecule has 212 valence electrons. The number of hydrogen-bond donors (Lipinski definition) is 2. The number of benzene rings is 2. The summed E-state index contributed by atoms with van der Waals surface area (Å²) in [6.45, 7) is 10.5. The molecule has 3 heterocycles. The van der Waals surface area contributed by atoms with Crippen LogP contribution in [0.3, 0.4) is 0 Å². The van der Waals surface area contributed by atoms with Crippen LogP contribution in [-0.4, -0.2) is 27.7 Å². The molecule has 41 heavy (non-hydrogen) atoms. The van der Waals surface area contributed by atoms with Crippen molar-refractivity contribution in [3.63, 3.8) is 0 Å². The van der Waals surface area contributed by atoms with Crippen LogP contribution in [0.1, 0.15) is 66.1 Å². The van der Waals surface area contributed by atoms with E-state index in [4.69, 9.17) is 21.9 Å². The highest BCUT2D eigenvalue weighted by Gasteiger charge is 2.42. The number of nitrogens with zero attached hydrogens (tertiary/aromatic N) is 3. The van der Waals surface area contributed by atoms with Gasteiger partial charge >= 0.3 is 0 Å². The van der Waals surface area contributed by atoms with Gasteiger partial charge in [-0.3, -0.25) is 9.78 Å². The number of rotatable bonds is 8. The van der Waals surface area contributed by atoms with Crippen LogP contribution in [0, 0.1) is 20.8 Å². The number of pyridine rings is 1. The van der Waals surface area contributed by atoms with E-state index < -0.39 is 0 Å². The Morgan fingerprint density at radius 2 is 1.88 bits per heavy atom. The number of anilines is 2. The van der Waals surface area contributed by atoms with Crippen molar-refractivity contribution in [3.05, 3.63) is 101 Å². The van der Waals surface area contributed by atoms with Crippen LogP contribution >= 0.6 is 12.2 Å². The lowest BCUT2D eigenvalue weighted by atomic mass is 9.96. The van der Waals surface area contributed by atoms with E-state index in [1.54, 1.807) is 7.11 Å². The Morgan fingerprint density at radius 3 is 2.56 bits per heavy atom. The molecular formula is C33H37N5O2S. The lowest BCUT2D eigenvalue weighted by Gasteiger charge is -2.29. The van der Waals surface area contributed by atoms with Crippen LogP contribution in [0.25, 0.3) is 5.69 Å². The van der Waals surface area contributed by atoms with Gasteiger partial charge in [-0.2, -0.15) is 0 Å². The highest BCUT2D eigenvalue weighted by atomic mass is 32.1. The summed E-state index contributed by atoms with van der Waals surface area (Å²) in [4.78, 5) is 19.0. The van der Waals surface area contributed by atoms with Crippen LogP contribution in [0.5, 0.6) is 5.75 Å². The number of ether oxygens (including phenoxy) is 1. The third-order valence-electron chi connectivity index (χ3n) is 7.87. The van der Waals surface area contributed by atoms with Crippen molar-refractivity contribution < 1.29 is 9.53 Å². The number of thiocarbonyl (C=S) groups is 1. The van der Waals surface area contributed by atoms with Crippen molar-refractivity contribution in [1.82, 2.24) is 14.9 Å². The lowest BCUT2D eigenvalue weighted by Crippen LogP contribution is -2.29. The molecule has 0 bridgehead atoms. The van der Waals surface area contributed by atoms with E-state index in [9.17, 15) is 4.79 Å². The highest BCUT2D eigenvalue weighted by Crippen LogP contribution is 2.45. The van der Waals surface area contributed by atoms with E-state index >= 15 is 0 Å². The Labute approximate surface area is 247 Å². The molecule has 1 amide bonds. The summed E-state index contributed by atoms with van der Waals surface area (Å²) in [5.41, 5.74) is 9.69. The van der Waals surface area contributed by atoms with Gasteiger partial charge in [-0.05, 0) is 86.4 Å². The number of para-hydroxylation sites is 1. The van der Waals surface area contributed by atoms with Crippen molar-refractivity contribution in [2.45, 2.75) is 59.5 Å². The van der Waals surface area contributed by atoms with Crippen LogP contribution < -0.4 is 20.3 Å². The van der Waals surface area contributed by atoms with Gasteiger partial charge in [-0.1, -0.05) is 38.1 Å². The predicted octanol–water partition coefficient (Wildman–Crippen LogP) is 6.89. The summed E-state index contributed by atoms with van der Waals surface area (Å²) < 4.78 is 8.08. The molecule has 8 heteroatoms. The normalized spacial score (nSPS) is 16.5. The van der Waals surface area contributed by atoms with Gasteiger partial charge in [0, 0.05) is 35.8 Å². The number of carbonyl (C=O) groups is 1. The second kappa shape index (κ2) is 11.7. The Morgan fingerprint density at radius 1 is 1.07 bits per heavy atom. The molecule has 1 aliphatic heterocycles. The van der Waals surface area contributed by atoms with Crippen molar-refractivity contribution >= 4 is 34.6 Å². The van der Waals surface area contributed by atoms with Crippen LogP contribution in [0.4, 0.5) is 11.4 Å². The number of carbonyl (C=O) groups excluding carboxylic acids is 1. The first kappa shape index (κ1) is 28.4. The summed E-state index contributed by atoms with van der Waals surface area (Å²) in [6, 6.07) is 20.2. The SMILES string of the molecule is CCC(=O)Nc1ccc(N2C(=S)N[C@H](c3ccccn3)[C@H]2c2cc(C)n(-c3c(C)cccc3CC)c2C)cc1OC. The van der Waals surface area contributed by atoms with Gasteiger partial charge in [0.2, 0.25) is 5.91 Å². The summed E-state index contributed by atoms with van der Waals surface area (Å²) in [6.07, 6.45) is 3.15. The minimum Gasteiger partial charge on any atom is -0.494 e. The highest BCUT2D eigenvalue weighted by molar-refractivity contribution is 7.80. The fourth-order valence-corrected chi connectivity index (χ4v) is 6.22. The summed E-state index contributed by atoms with van der Waals surface area (Å²) in [5.74, 6) is 0.503. The zero-order valence-electron chi connectivity index (χ0n) is 24.5. The van der Waals surface area contributed by atoms with E-state index in [0.29, 0.717) is 23.0 Å². The molecule has 0 saturated carbocycles.